The van der Waals surface area contributed by atoms with Gasteiger partial charge in [-0.2, -0.15) is 0 Å². The predicted molar refractivity (Wildman–Crippen MR) is 69.9 cm³/mol. The van der Waals surface area contributed by atoms with E-state index >= 15 is 0 Å². The number of anilines is 1. The molecule has 0 aliphatic rings. The van der Waals surface area contributed by atoms with Crippen molar-refractivity contribution in [3.8, 4) is 0 Å². The fraction of sp³-hybridized carbons (Fsp3) is 0.385. The monoisotopic (exact) mass is 248 g/mol. The molecule has 0 aliphatic heterocycles. The highest BCUT2D eigenvalue weighted by atomic mass is 16.4. The molecule has 0 saturated carbocycles. The Morgan fingerprint density at radius 2 is 2.22 bits per heavy atom. The van der Waals surface area contributed by atoms with Gasteiger partial charge in [-0.15, -0.1) is 0 Å². The van der Waals surface area contributed by atoms with Crippen LogP contribution in [0.1, 0.15) is 19.8 Å². The van der Waals surface area contributed by atoms with Gasteiger partial charge in [-0.1, -0.05) is 0 Å². The molecule has 1 heterocycles. The number of nitrogens with zero attached hydrogens (tertiary/aromatic N) is 1. The lowest BCUT2D eigenvalue weighted by Gasteiger charge is -2.05. The van der Waals surface area contributed by atoms with E-state index in [4.69, 9.17) is 4.42 Å². The zero-order valence-electron chi connectivity index (χ0n) is 10.5. The number of rotatable bonds is 5. The molecule has 5 heteroatoms. The van der Waals surface area contributed by atoms with E-state index in [2.05, 4.69) is 5.32 Å². The van der Waals surface area contributed by atoms with E-state index < -0.39 is 0 Å². The Hall–Kier alpha value is -2.04. The summed E-state index contributed by atoms with van der Waals surface area (Å²) in [6, 6.07) is 5.53. The van der Waals surface area contributed by atoms with Crippen molar-refractivity contribution in [2.24, 2.45) is 7.05 Å². The SMILES string of the molecule is CC(=O)CCCNc1ccc2c(c1)oc(=O)n2C. The zero-order chi connectivity index (χ0) is 13.1. The van der Waals surface area contributed by atoms with Crippen LogP contribution in [0.25, 0.3) is 11.1 Å². The van der Waals surface area contributed by atoms with Crippen molar-refractivity contribution < 1.29 is 9.21 Å². The molecular formula is C13H16N2O3. The van der Waals surface area contributed by atoms with E-state index in [9.17, 15) is 9.59 Å². The molecule has 1 aromatic heterocycles. The predicted octanol–water partition coefficient (Wildman–Crippen LogP) is 1.91. The molecule has 2 rings (SSSR count). The van der Waals surface area contributed by atoms with Gasteiger partial charge in [0.05, 0.1) is 5.52 Å². The summed E-state index contributed by atoms with van der Waals surface area (Å²) in [7, 11) is 1.67. The van der Waals surface area contributed by atoms with Crippen molar-refractivity contribution in [2.45, 2.75) is 19.8 Å². The molecule has 0 spiro atoms. The van der Waals surface area contributed by atoms with Gasteiger partial charge in [0.25, 0.3) is 0 Å². The van der Waals surface area contributed by atoms with Crippen LogP contribution >= 0.6 is 0 Å². The molecule has 0 radical (unpaired) electrons. The van der Waals surface area contributed by atoms with Crippen LogP contribution in [-0.2, 0) is 11.8 Å². The number of Topliss-reactive ketones (excluding diaryl/α,β-unsaturated/α-hetero) is 1. The lowest BCUT2D eigenvalue weighted by Crippen LogP contribution is -2.08. The second kappa shape index (κ2) is 5.08. The maximum absolute atomic E-state index is 11.3. The number of aryl methyl sites for hydroxylation is 1. The first-order chi connectivity index (χ1) is 8.58. The summed E-state index contributed by atoms with van der Waals surface area (Å²) in [5, 5.41) is 3.20. The summed E-state index contributed by atoms with van der Waals surface area (Å²) >= 11 is 0. The van der Waals surface area contributed by atoms with Gasteiger partial charge < -0.3 is 14.5 Å². The highest BCUT2D eigenvalue weighted by molar-refractivity contribution is 5.77. The van der Waals surface area contributed by atoms with Gasteiger partial charge in [0.15, 0.2) is 5.58 Å². The molecule has 0 amide bonds. The Morgan fingerprint density at radius 1 is 1.44 bits per heavy atom. The highest BCUT2D eigenvalue weighted by Gasteiger charge is 2.05. The molecule has 96 valence electrons. The van der Waals surface area contributed by atoms with E-state index in [1.165, 1.54) is 4.57 Å². The van der Waals surface area contributed by atoms with Gasteiger partial charge in [0.1, 0.15) is 5.78 Å². The number of nitrogens with one attached hydrogen (secondary N) is 1. The highest BCUT2D eigenvalue weighted by Crippen LogP contribution is 2.17. The van der Waals surface area contributed by atoms with Crippen LogP contribution in [0.3, 0.4) is 0 Å². The minimum Gasteiger partial charge on any atom is -0.408 e. The van der Waals surface area contributed by atoms with Crippen molar-refractivity contribution in [3.05, 3.63) is 28.7 Å². The molecule has 1 N–H and O–H groups in total. The Bertz CT molecular complexity index is 625. The fourth-order valence-corrected chi connectivity index (χ4v) is 1.81. The van der Waals surface area contributed by atoms with Gasteiger partial charge in [-0.25, -0.2) is 4.79 Å². The Kier molecular flexibility index (Phi) is 3.50. The normalized spacial score (nSPS) is 10.8. The van der Waals surface area contributed by atoms with E-state index in [0.717, 1.165) is 24.2 Å². The summed E-state index contributed by atoms with van der Waals surface area (Å²) in [6.45, 7) is 2.31. The molecule has 18 heavy (non-hydrogen) atoms. The van der Waals surface area contributed by atoms with Crippen LogP contribution in [0.15, 0.2) is 27.4 Å². The fourth-order valence-electron chi connectivity index (χ4n) is 1.81. The van der Waals surface area contributed by atoms with Crippen LogP contribution in [0.2, 0.25) is 0 Å². The minimum absolute atomic E-state index is 0.196. The number of hydrogen-bond donors (Lipinski definition) is 1. The summed E-state index contributed by atoms with van der Waals surface area (Å²) < 4.78 is 6.56. The molecule has 2 aromatic rings. The largest absolute Gasteiger partial charge is 0.419 e. The molecule has 0 saturated heterocycles. The van der Waals surface area contributed by atoms with Crippen LogP contribution in [-0.4, -0.2) is 16.9 Å². The topological polar surface area (TPSA) is 64.2 Å². The first kappa shape index (κ1) is 12.4. The Balaban J connectivity index is 2.06. The van der Waals surface area contributed by atoms with Gasteiger partial charge in [0, 0.05) is 31.8 Å². The molecule has 0 fully saturated rings. The molecule has 1 aromatic carbocycles. The number of fused-ring (bicyclic) bond motifs is 1. The van der Waals surface area contributed by atoms with Crippen LogP contribution in [0.5, 0.6) is 0 Å². The number of hydrogen-bond acceptors (Lipinski definition) is 4. The quantitative estimate of drug-likeness (QED) is 0.821. The summed E-state index contributed by atoms with van der Waals surface area (Å²) in [4.78, 5) is 22.1. The third-order valence-corrected chi connectivity index (χ3v) is 2.83. The van der Waals surface area contributed by atoms with E-state index in [1.54, 1.807) is 20.0 Å². The summed E-state index contributed by atoms with van der Waals surface area (Å²) in [6.07, 6.45) is 1.38. The maximum atomic E-state index is 11.3. The van der Waals surface area contributed by atoms with Crippen molar-refractivity contribution >= 4 is 22.6 Å². The Labute approximate surface area is 104 Å². The number of ketones is 1. The number of carbonyl (C=O) groups excluding carboxylic acids is 1. The minimum atomic E-state index is -0.362. The number of carbonyl (C=O) groups is 1. The van der Waals surface area contributed by atoms with E-state index in [1.807, 2.05) is 12.1 Å². The smallest absolute Gasteiger partial charge is 0.408 e. The van der Waals surface area contributed by atoms with Crippen molar-refractivity contribution in [2.75, 3.05) is 11.9 Å². The number of oxazole rings is 1. The standard InChI is InChI=1S/C13H16N2O3/c1-9(16)4-3-7-14-10-5-6-11-12(8-10)18-13(17)15(11)2/h5-6,8,14H,3-4,7H2,1-2H3. The first-order valence-corrected chi connectivity index (χ1v) is 5.91. The molecule has 0 unspecified atom stereocenters. The van der Waals surface area contributed by atoms with Crippen molar-refractivity contribution in [3.63, 3.8) is 0 Å². The molecule has 0 aliphatic carbocycles. The maximum Gasteiger partial charge on any atom is 0.419 e. The van der Waals surface area contributed by atoms with Gasteiger partial charge in [-0.05, 0) is 25.5 Å². The Morgan fingerprint density at radius 3 is 2.94 bits per heavy atom. The molecule has 5 nitrogen and oxygen atoms in total. The summed E-state index contributed by atoms with van der Waals surface area (Å²) in [5.41, 5.74) is 2.23. The van der Waals surface area contributed by atoms with Crippen LogP contribution < -0.4 is 11.1 Å². The second-order valence-electron chi connectivity index (χ2n) is 4.34. The first-order valence-electron chi connectivity index (χ1n) is 5.91. The molecule has 0 bridgehead atoms. The van der Waals surface area contributed by atoms with Crippen molar-refractivity contribution in [1.29, 1.82) is 0 Å². The lowest BCUT2D eigenvalue weighted by molar-refractivity contribution is -0.117. The second-order valence-corrected chi connectivity index (χ2v) is 4.34. The van der Waals surface area contributed by atoms with Gasteiger partial charge in [0.2, 0.25) is 0 Å². The third-order valence-electron chi connectivity index (χ3n) is 2.83. The third kappa shape index (κ3) is 2.61. The van der Waals surface area contributed by atoms with Gasteiger partial charge in [-0.3, -0.25) is 4.57 Å². The lowest BCUT2D eigenvalue weighted by atomic mass is 10.2. The van der Waals surface area contributed by atoms with Crippen LogP contribution in [0, 0.1) is 0 Å². The average Bonchev–Trinajstić information content (AvgIpc) is 2.60. The number of aromatic nitrogens is 1. The molecular weight excluding hydrogens is 232 g/mol. The van der Waals surface area contributed by atoms with Gasteiger partial charge >= 0.3 is 5.76 Å². The van der Waals surface area contributed by atoms with Crippen molar-refractivity contribution in [1.82, 2.24) is 4.57 Å². The number of benzene rings is 1. The van der Waals surface area contributed by atoms with E-state index in [-0.39, 0.29) is 11.5 Å². The zero-order valence-corrected chi connectivity index (χ0v) is 10.5. The average molecular weight is 248 g/mol. The molecule has 0 atom stereocenters. The van der Waals surface area contributed by atoms with E-state index in [0.29, 0.717) is 12.0 Å². The van der Waals surface area contributed by atoms with Crippen LogP contribution in [0.4, 0.5) is 5.69 Å². The summed E-state index contributed by atoms with van der Waals surface area (Å²) in [5.74, 6) is -0.167.